The zero-order chi connectivity index (χ0) is 16.6. The molecule has 0 aromatic carbocycles. The molecule has 6 heteroatoms. The summed E-state index contributed by atoms with van der Waals surface area (Å²) in [7, 11) is 3.91. The summed E-state index contributed by atoms with van der Waals surface area (Å²) in [5.74, 6) is 1.68. The summed E-state index contributed by atoms with van der Waals surface area (Å²) < 4.78 is 0. The number of hydrogen-bond donors (Lipinski definition) is 2. The molecule has 1 fully saturated rings. The number of hydrogen-bond acceptors (Lipinski definition) is 6. The molecule has 0 amide bonds. The standard InChI is InChI=1S/C17H28N4O2/c1-4-17(23)9-10-21(11-14(17)22)15-12-7-5-6-8-13(12)18-16(19-15)20(2)3/h14,22-23H,4-11H2,1-3H3/t14-,17-/m1/s1. The normalized spacial score (nSPS) is 27.7. The maximum atomic E-state index is 10.5. The topological polar surface area (TPSA) is 72.7 Å². The molecule has 23 heavy (non-hydrogen) atoms. The van der Waals surface area contributed by atoms with Gasteiger partial charge >= 0.3 is 0 Å². The van der Waals surface area contributed by atoms with Crippen molar-refractivity contribution in [2.45, 2.75) is 57.2 Å². The molecular weight excluding hydrogens is 292 g/mol. The molecule has 1 saturated heterocycles. The third kappa shape index (κ3) is 3.02. The van der Waals surface area contributed by atoms with Gasteiger partial charge in [0.1, 0.15) is 11.9 Å². The van der Waals surface area contributed by atoms with Crippen LogP contribution in [0.25, 0.3) is 0 Å². The van der Waals surface area contributed by atoms with Gasteiger partial charge in [0.05, 0.1) is 11.3 Å². The van der Waals surface area contributed by atoms with Crippen LogP contribution in [0.5, 0.6) is 0 Å². The lowest BCUT2D eigenvalue weighted by Gasteiger charge is -2.43. The van der Waals surface area contributed by atoms with Gasteiger partial charge < -0.3 is 20.0 Å². The molecule has 2 aliphatic rings. The average Bonchev–Trinajstić information content (AvgIpc) is 2.56. The molecule has 2 heterocycles. The summed E-state index contributed by atoms with van der Waals surface area (Å²) in [4.78, 5) is 13.5. The minimum Gasteiger partial charge on any atom is -0.388 e. The second-order valence-corrected chi connectivity index (χ2v) is 7.04. The lowest BCUT2D eigenvalue weighted by Crippen LogP contribution is -2.55. The highest BCUT2D eigenvalue weighted by atomic mass is 16.3. The summed E-state index contributed by atoms with van der Waals surface area (Å²) in [5, 5.41) is 20.9. The van der Waals surface area contributed by atoms with E-state index in [0.29, 0.717) is 19.4 Å². The monoisotopic (exact) mass is 320 g/mol. The Kier molecular flexibility index (Phi) is 4.47. The zero-order valence-electron chi connectivity index (χ0n) is 14.4. The summed E-state index contributed by atoms with van der Waals surface area (Å²) in [6.45, 7) is 3.08. The molecule has 3 rings (SSSR count). The van der Waals surface area contributed by atoms with Crippen molar-refractivity contribution < 1.29 is 10.2 Å². The highest BCUT2D eigenvalue weighted by Gasteiger charge is 2.40. The number of β-amino-alcohol motifs (C(OH)–C–C–N with tert-alkyl or cyclic N) is 1. The molecule has 2 N–H and O–H groups in total. The number of aryl methyl sites for hydroxylation is 1. The van der Waals surface area contributed by atoms with E-state index in [1.54, 1.807) is 0 Å². The zero-order valence-corrected chi connectivity index (χ0v) is 14.4. The first-order chi connectivity index (χ1) is 10.9. The molecule has 1 aliphatic heterocycles. The molecular formula is C17H28N4O2. The predicted octanol–water partition coefficient (Wildman–Crippen LogP) is 1.13. The second-order valence-electron chi connectivity index (χ2n) is 7.04. The summed E-state index contributed by atoms with van der Waals surface area (Å²) in [6, 6.07) is 0. The Morgan fingerprint density at radius 1 is 1.26 bits per heavy atom. The van der Waals surface area contributed by atoms with E-state index in [0.717, 1.165) is 36.8 Å². The molecule has 1 aliphatic carbocycles. The first kappa shape index (κ1) is 16.5. The van der Waals surface area contributed by atoms with Crippen LogP contribution in [-0.4, -0.2) is 59.1 Å². The summed E-state index contributed by atoms with van der Waals surface area (Å²) in [5.41, 5.74) is 1.42. The van der Waals surface area contributed by atoms with Crippen molar-refractivity contribution in [2.75, 3.05) is 37.0 Å². The van der Waals surface area contributed by atoms with Crippen LogP contribution in [0.3, 0.4) is 0 Å². The predicted molar refractivity (Wildman–Crippen MR) is 91.1 cm³/mol. The number of aliphatic hydroxyl groups is 2. The van der Waals surface area contributed by atoms with Gasteiger partial charge in [0, 0.05) is 32.7 Å². The van der Waals surface area contributed by atoms with Crippen LogP contribution in [0.1, 0.15) is 43.9 Å². The van der Waals surface area contributed by atoms with Crippen LogP contribution in [0.2, 0.25) is 0 Å². The van der Waals surface area contributed by atoms with E-state index >= 15 is 0 Å². The first-order valence-electron chi connectivity index (χ1n) is 8.67. The van der Waals surface area contributed by atoms with Crippen molar-refractivity contribution in [2.24, 2.45) is 0 Å². The van der Waals surface area contributed by atoms with Crippen molar-refractivity contribution in [3.63, 3.8) is 0 Å². The van der Waals surface area contributed by atoms with E-state index in [1.165, 1.54) is 18.4 Å². The molecule has 2 atom stereocenters. The number of piperidine rings is 1. The average molecular weight is 320 g/mol. The van der Waals surface area contributed by atoms with Crippen LogP contribution >= 0.6 is 0 Å². The Balaban J connectivity index is 1.94. The maximum Gasteiger partial charge on any atom is 0.227 e. The van der Waals surface area contributed by atoms with E-state index in [9.17, 15) is 10.2 Å². The number of fused-ring (bicyclic) bond motifs is 1. The lowest BCUT2D eigenvalue weighted by molar-refractivity contribution is -0.0880. The van der Waals surface area contributed by atoms with Gasteiger partial charge in [-0.15, -0.1) is 0 Å². The molecule has 1 aromatic heterocycles. The van der Waals surface area contributed by atoms with Gasteiger partial charge in [-0.25, -0.2) is 4.98 Å². The van der Waals surface area contributed by atoms with Gasteiger partial charge in [0.25, 0.3) is 0 Å². The highest BCUT2D eigenvalue weighted by molar-refractivity contribution is 5.54. The molecule has 0 unspecified atom stereocenters. The van der Waals surface area contributed by atoms with Crippen LogP contribution in [0, 0.1) is 0 Å². The van der Waals surface area contributed by atoms with E-state index in [-0.39, 0.29) is 0 Å². The van der Waals surface area contributed by atoms with Crippen LogP contribution in [-0.2, 0) is 12.8 Å². The van der Waals surface area contributed by atoms with Crippen molar-refractivity contribution in [1.82, 2.24) is 9.97 Å². The first-order valence-corrected chi connectivity index (χ1v) is 8.67. The van der Waals surface area contributed by atoms with Crippen molar-refractivity contribution in [1.29, 1.82) is 0 Å². The number of nitrogens with zero attached hydrogens (tertiary/aromatic N) is 4. The molecule has 0 radical (unpaired) electrons. The summed E-state index contributed by atoms with van der Waals surface area (Å²) >= 11 is 0. The number of aromatic nitrogens is 2. The van der Waals surface area contributed by atoms with E-state index in [2.05, 4.69) is 4.90 Å². The Labute approximate surface area is 138 Å². The molecule has 0 bridgehead atoms. The third-order valence-corrected chi connectivity index (χ3v) is 5.29. The lowest BCUT2D eigenvalue weighted by atomic mass is 9.86. The Hall–Kier alpha value is -1.40. The van der Waals surface area contributed by atoms with E-state index in [4.69, 9.17) is 9.97 Å². The van der Waals surface area contributed by atoms with Crippen molar-refractivity contribution >= 4 is 11.8 Å². The van der Waals surface area contributed by atoms with Gasteiger partial charge in [-0.05, 0) is 38.5 Å². The minimum atomic E-state index is -0.964. The largest absolute Gasteiger partial charge is 0.388 e. The van der Waals surface area contributed by atoms with E-state index in [1.807, 2.05) is 25.9 Å². The fourth-order valence-corrected chi connectivity index (χ4v) is 3.59. The maximum absolute atomic E-state index is 10.5. The molecule has 0 saturated carbocycles. The summed E-state index contributed by atoms with van der Waals surface area (Å²) in [6.07, 6.45) is 4.75. The fraction of sp³-hybridized carbons (Fsp3) is 0.765. The van der Waals surface area contributed by atoms with Gasteiger partial charge in [0.2, 0.25) is 5.95 Å². The van der Waals surface area contributed by atoms with E-state index < -0.39 is 11.7 Å². The molecule has 0 spiro atoms. The van der Waals surface area contributed by atoms with Gasteiger partial charge in [-0.3, -0.25) is 0 Å². The Morgan fingerprint density at radius 2 is 2.00 bits per heavy atom. The molecule has 6 nitrogen and oxygen atoms in total. The molecule has 128 valence electrons. The fourth-order valence-electron chi connectivity index (χ4n) is 3.59. The number of aliphatic hydroxyl groups excluding tert-OH is 1. The highest BCUT2D eigenvalue weighted by Crippen LogP contribution is 2.34. The van der Waals surface area contributed by atoms with Crippen molar-refractivity contribution in [3.8, 4) is 0 Å². The van der Waals surface area contributed by atoms with Crippen LogP contribution < -0.4 is 9.80 Å². The van der Waals surface area contributed by atoms with Crippen molar-refractivity contribution in [3.05, 3.63) is 11.3 Å². The number of anilines is 2. The SMILES string of the molecule is CC[C@@]1(O)CCN(c2nc(N(C)C)nc3c2CCCC3)C[C@H]1O. The minimum absolute atomic E-state index is 0.431. The second kappa shape index (κ2) is 6.24. The van der Waals surface area contributed by atoms with Crippen LogP contribution in [0.15, 0.2) is 0 Å². The van der Waals surface area contributed by atoms with Gasteiger partial charge in [-0.2, -0.15) is 4.98 Å². The molecule has 1 aromatic rings. The Bertz CT molecular complexity index is 578. The van der Waals surface area contributed by atoms with Gasteiger partial charge in [-0.1, -0.05) is 6.92 Å². The Morgan fingerprint density at radius 3 is 2.65 bits per heavy atom. The smallest absolute Gasteiger partial charge is 0.227 e. The third-order valence-electron chi connectivity index (χ3n) is 5.29. The number of rotatable bonds is 3. The van der Waals surface area contributed by atoms with Crippen LogP contribution in [0.4, 0.5) is 11.8 Å². The quantitative estimate of drug-likeness (QED) is 0.870. The van der Waals surface area contributed by atoms with Gasteiger partial charge in [0.15, 0.2) is 0 Å².